The average molecular weight is 137 g/mol. The summed E-state index contributed by atoms with van der Waals surface area (Å²) in [5, 5.41) is 3.21. The maximum Gasteiger partial charge on any atom is 0.00650 e. The summed E-state index contributed by atoms with van der Waals surface area (Å²) in [7, 11) is 0. The molecule has 44 valence electrons. The Morgan fingerprint density at radius 3 is 2.00 bits per heavy atom. The van der Waals surface area contributed by atoms with E-state index in [2.05, 4.69) is 25.3 Å². The van der Waals surface area contributed by atoms with Crippen LogP contribution in [0.2, 0.25) is 0 Å². The van der Waals surface area contributed by atoms with Gasteiger partial charge in [0.05, 0.1) is 0 Å². The predicted molar refractivity (Wildman–Crippen MR) is 39.8 cm³/mol. The van der Waals surface area contributed by atoms with Crippen LogP contribution < -0.4 is 5.09 Å². The Bertz CT molecular complexity index is 85.7. The minimum atomic E-state index is -1.08. The lowest BCUT2D eigenvalue weighted by molar-refractivity contribution is 1.02. The van der Waals surface area contributed by atoms with Crippen molar-refractivity contribution >= 4 is 18.0 Å². The third kappa shape index (κ3) is 6.61. The van der Waals surface area contributed by atoms with E-state index in [0.717, 1.165) is 6.54 Å². The zero-order chi connectivity index (χ0) is 5.91. The molecule has 0 radical (unpaired) electrons. The van der Waals surface area contributed by atoms with Gasteiger partial charge in [0.25, 0.3) is 0 Å². The fraction of sp³-hybridized carbons (Fsp3) is 1.00. The van der Waals surface area contributed by atoms with Gasteiger partial charge in [-0.05, 0) is 19.9 Å². The largest absolute Gasteiger partial charge is 0.289 e. The fourth-order valence-electron chi connectivity index (χ4n) is 0.381. The van der Waals surface area contributed by atoms with Crippen molar-refractivity contribution in [3.05, 3.63) is 0 Å². The molecule has 0 aliphatic rings. The van der Waals surface area contributed by atoms with Gasteiger partial charge in [0.15, 0.2) is 0 Å². The highest BCUT2D eigenvalue weighted by molar-refractivity contribution is 8.13. The van der Waals surface area contributed by atoms with Gasteiger partial charge < -0.3 is 0 Å². The number of nitrogens with one attached hydrogen (secondary N) is 1. The number of rotatable bonds is 2. The van der Waals surface area contributed by atoms with Gasteiger partial charge in [-0.2, -0.15) is 0 Å². The van der Waals surface area contributed by atoms with E-state index >= 15 is 0 Å². The van der Waals surface area contributed by atoms with Crippen LogP contribution in [0.3, 0.4) is 0 Å². The van der Waals surface area contributed by atoms with Crippen molar-refractivity contribution in [2.24, 2.45) is 0 Å². The van der Waals surface area contributed by atoms with Crippen molar-refractivity contribution < 1.29 is 0 Å². The third-order valence-electron chi connectivity index (χ3n) is 0.539. The molecule has 1 N–H and O–H groups in total. The molecule has 7 heavy (non-hydrogen) atoms. The van der Waals surface area contributed by atoms with Gasteiger partial charge in [-0.3, -0.25) is 5.09 Å². The molecular weight excluding hydrogens is 125 g/mol. The zero-order valence-electron chi connectivity index (χ0n) is 5.06. The summed E-state index contributed by atoms with van der Waals surface area (Å²) >= 11 is 5.08. The van der Waals surface area contributed by atoms with Crippen molar-refractivity contribution in [1.82, 2.24) is 5.09 Å². The van der Waals surface area contributed by atoms with Crippen LogP contribution in [0.1, 0.15) is 6.92 Å². The van der Waals surface area contributed by atoms with Crippen LogP contribution in [0, 0.1) is 0 Å². The van der Waals surface area contributed by atoms with Crippen LogP contribution >= 0.6 is 6.19 Å². The molecule has 0 aliphatic carbocycles. The average Bonchev–Trinajstić information content (AvgIpc) is 1.30. The first-order chi connectivity index (χ1) is 3.06. The molecule has 0 saturated heterocycles. The smallest absolute Gasteiger partial charge is 0.00650 e. The summed E-state index contributed by atoms with van der Waals surface area (Å²) in [5.41, 5.74) is 0. The molecule has 1 nitrogen and oxygen atoms in total. The summed E-state index contributed by atoms with van der Waals surface area (Å²) in [6.07, 6.45) is -1.08. The molecule has 0 spiro atoms. The number of hydrogen-bond acceptors (Lipinski definition) is 1. The summed E-state index contributed by atoms with van der Waals surface area (Å²) in [4.78, 5) is 0. The number of hydrogen-bond donors (Lipinski definition) is 1. The maximum absolute atomic E-state index is 5.08. The lowest BCUT2D eigenvalue weighted by Crippen LogP contribution is -2.05. The van der Waals surface area contributed by atoms with E-state index in [4.69, 9.17) is 11.8 Å². The predicted octanol–water partition coefficient (Wildman–Crippen LogP) is 1.25. The summed E-state index contributed by atoms with van der Waals surface area (Å²) < 4.78 is 0. The zero-order valence-corrected chi connectivity index (χ0v) is 6.77. The second kappa shape index (κ2) is 2.81. The first-order valence-corrected chi connectivity index (χ1v) is 6.06. The molecule has 0 saturated carbocycles. The minimum absolute atomic E-state index is 1.00. The Labute approximate surface area is 50.6 Å². The van der Waals surface area contributed by atoms with Crippen molar-refractivity contribution in [2.45, 2.75) is 6.92 Å². The van der Waals surface area contributed by atoms with Gasteiger partial charge in [0.2, 0.25) is 0 Å². The quantitative estimate of drug-likeness (QED) is 0.575. The van der Waals surface area contributed by atoms with E-state index in [1.807, 2.05) is 0 Å². The van der Waals surface area contributed by atoms with E-state index in [1.165, 1.54) is 0 Å². The molecule has 0 amide bonds. The van der Waals surface area contributed by atoms with Crippen LogP contribution in [-0.2, 0) is 11.8 Å². The van der Waals surface area contributed by atoms with Crippen LogP contribution in [0.25, 0.3) is 0 Å². The summed E-state index contributed by atoms with van der Waals surface area (Å²) in [6, 6.07) is 0. The van der Waals surface area contributed by atoms with Gasteiger partial charge in [-0.1, -0.05) is 18.7 Å². The first kappa shape index (κ1) is 7.61. The van der Waals surface area contributed by atoms with Gasteiger partial charge >= 0.3 is 0 Å². The second-order valence-electron chi connectivity index (χ2n) is 1.86. The highest BCUT2D eigenvalue weighted by Crippen LogP contribution is 2.29. The van der Waals surface area contributed by atoms with Crippen LogP contribution in [0.5, 0.6) is 0 Å². The van der Waals surface area contributed by atoms with Crippen molar-refractivity contribution in [3.63, 3.8) is 0 Å². The third-order valence-corrected chi connectivity index (χ3v) is 2.00. The molecular formula is C4H12NPS. The molecule has 0 unspecified atom stereocenters. The topological polar surface area (TPSA) is 12.0 Å². The SMILES string of the molecule is CCNP(C)(C)=S. The maximum atomic E-state index is 5.08. The Hall–Kier alpha value is 0.610. The highest BCUT2D eigenvalue weighted by Gasteiger charge is 1.94. The van der Waals surface area contributed by atoms with Crippen LogP contribution in [-0.4, -0.2) is 19.9 Å². The van der Waals surface area contributed by atoms with E-state index in [1.54, 1.807) is 0 Å². The van der Waals surface area contributed by atoms with Crippen molar-refractivity contribution in [3.8, 4) is 0 Å². The molecule has 3 heteroatoms. The highest BCUT2D eigenvalue weighted by atomic mass is 32.4. The van der Waals surface area contributed by atoms with Crippen molar-refractivity contribution in [1.29, 1.82) is 0 Å². The Kier molecular flexibility index (Phi) is 3.05. The monoisotopic (exact) mass is 137 g/mol. The molecule has 0 heterocycles. The standard InChI is InChI=1S/C4H12NPS/c1-4-5-6(2,3)7/h4H2,1-3H3,(H,5,7). The normalized spacial score (nSPS) is 11.9. The van der Waals surface area contributed by atoms with Gasteiger partial charge in [0.1, 0.15) is 0 Å². The molecule has 0 aromatic heterocycles. The Balaban J connectivity index is 3.36. The van der Waals surface area contributed by atoms with Crippen LogP contribution in [0.4, 0.5) is 0 Å². The molecule has 0 rings (SSSR count). The van der Waals surface area contributed by atoms with E-state index in [-0.39, 0.29) is 0 Å². The van der Waals surface area contributed by atoms with Crippen molar-refractivity contribution in [2.75, 3.05) is 19.9 Å². The Morgan fingerprint density at radius 1 is 1.57 bits per heavy atom. The molecule has 0 bridgehead atoms. The lowest BCUT2D eigenvalue weighted by Gasteiger charge is -2.08. The van der Waals surface area contributed by atoms with Crippen LogP contribution in [0.15, 0.2) is 0 Å². The Morgan fingerprint density at radius 2 is 2.00 bits per heavy atom. The summed E-state index contributed by atoms with van der Waals surface area (Å²) in [5.74, 6) is 0. The lowest BCUT2D eigenvalue weighted by atomic mass is 10.8. The van der Waals surface area contributed by atoms with Gasteiger partial charge in [-0.15, -0.1) is 0 Å². The van der Waals surface area contributed by atoms with Gasteiger partial charge in [-0.25, -0.2) is 0 Å². The summed E-state index contributed by atoms with van der Waals surface area (Å²) in [6.45, 7) is 7.26. The molecule has 0 aromatic carbocycles. The molecule has 0 fully saturated rings. The molecule has 0 atom stereocenters. The van der Waals surface area contributed by atoms with E-state index in [0.29, 0.717) is 0 Å². The van der Waals surface area contributed by atoms with E-state index < -0.39 is 6.19 Å². The van der Waals surface area contributed by atoms with Gasteiger partial charge in [0, 0.05) is 6.19 Å². The fourth-order valence-corrected chi connectivity index (χ4v) is 1.53. The first-order valence-electron chi connectivity index (χ1n) is 2.36. The second-order valence-corrected chi connectivity index (χ2v) is 7.62. The van der Waals surface area contributed by atoms with E-state index in [9.17, 15) is 0 Å². The molecule has 0 aromatic rings. The minimum Gasteiger partial charge on any atom is -0.289 e. The molecule has 0 aliphatic heterocycles.